The molecule has 1 aromatic rings. The Balaban J connectivity index is 1.99. The van der Waals surface area contributed by atoms with E-state index in [0.717, 1.165) is 19.5 Å². The average molecular weight is 308 g/mol. The molecule has 4 unspecified atom stereocenters. The van der Waals surface area contributed by atoms with Gasteiger partial charge in [-0.15, -0.1) is 0 Å². The van der Waals surface area contributed by atoms with Crippen molar-refractivity contribution in [2.24, 2.45) is 0 Å². The van der Waals surface area contributed by atoms with Crippen LogP contribution >= 0.6 is 0 Å². The van der Waals surface area contributed by atoms with E-state index >= 15 is 0 Å². The number of aliphatic hydroxyl groups is 2. The predicted molar refractivity (Wildman–Crippen MR) is 86.9 cm³/mol. The summed E-state index contributed by atoms with van der Waals surface area (Å²) in [5.74, 6) is 0. The molecule has 1 fully saturated rings. The van der Waals surface area contributed by atoms with Crippen molar-refractivity contribution >= 4 is 0 Å². The fraction of sp³-hybridized carbons (Fsp3) is 0.647. The van der Waals surface area contributed by atoms with Crippen molar-refractivity contribution in [3.63, 3.8) is 0 Å². The van der Waals surface area contributed by atoms with E-state index in [1.165, 1.54) is 5.56 Å². The molecule has 0 radical (unpaired) electrons. The minimum atomic E-state index is -0.657. The molecule has 0 amide bonds. The number of hydrogen-bond acceptors (Lipinski definition) is 5. The van der Waals surface area contributed by atoms with Crippen LogP contribution in [0.2, 0.25) is 0 Å². The lowest BCUT2D eigenvalue weighted by atomic mass is 10.0. The lowest BCUT2D eigenvalue weighted by Gasteiger charge is -2.31. The Morgan fingerprint density at radius 2 is 1.77 bits per heavy atom. The highest BCUT2D eigenvalue weighted by Gasteiger charge is 2.45. The van der Waals surface area contributed by atoms with Gasteiger partial charge in [-0.2, -0.15) is 0 Å². The van der Waals surface area contributed by atoms with Gasteiger partial charge in [-0.3, -0.25) is 4.90 Å². The second-order valence-corrected chi connectivity index (χ2v) is 6.36. The van der Waals surface area contributed by atoms with Crippen molar-refractivity contribution in [3.05, 3.63) is 35.9 Å². The summed E-state index contributed by atoms with van der Waals surface area (Å²) in [7, 11) is 5.99. The Labute approximate surface area is 133 Å². The lowest BCUT2D eigenvalue weighted by molar-refractivity contribution is -0.0273. The maximum absolute atomic E-state index is 10.5. The number of ether oxygens (including phenoxy) is 1. The summed E-state index contributed by atoms with van der Waals surface area (Å²) in [6, 6.07) is 10.2. The molecule has 1 aliphatic rings. The van der Waals surface area contributed by atoms with Crippen LogP contribution in [0, 0.1) is 0 Å². The first-order valence-electron chi connectivity index (χ1n) is 7.86. The minimum absolute atomic E-state index is 0.0942. The Morgan fingerprint density at radius 1 is 1.09 bits per heavy atom. The monoisotopic (exact) mass is 308 g/mol. The highest BCUT2D eigenvalue weighted by molar-refractivity contribution is 5.15. The van der Waals surface area contributed by atoms with Crippen molar-refractivity contribution in [1.82, 2.24) is 9.80 Å². The van der Waals surface area contributed by atoms with E-state index < -0.39 is 12.2 Å². The van der Waals surface area contributed by atoms with E-state index in [4.69, 9.17) is 4.74 Å². The topological polar surface area (TPSA) is 56.2 Å². The van der Waals surface area contributed by atoms with Gasteiger partial charge in [0.2, 0.25) is 0 Å². The summed E-state index contributed by atoms with van der Waals surface area (Å²) in [5, 5.41) is 19.8. The van der Waals surface area contributed by atoms with E-state index in [0.29, 0.717) is 0 Å². The first kappa shape index (κ1) is 17.4. The van der Waals surface area contributed by atoms with Crippen molar-refractivity contribution < 1.29 is 14.9 Å². The Kier molecular flexibility index (Phi) is 6.35. The molecule has 1 aromatic carbocycles. The normalized spacial score (nSPS) is 28.7. The molecule has 0 aliphatic carbocycles. The van der Waals surface area contributed by atoms with Gasteiger partial charge >= 0.3 is 0 Å². The van der Waals surface area contributed by atoms with Crippen LogP contribution in [-0.2, 0) is 11.2 Å². The summed E-state index contributed by atoms with van der Waals surface area (Å²) in [6.07, 6.45) is -0.313. The van der Waals surface area contributed by atoms with Crippen molar-refractivity contribution in [3.8, 4) is 0 Å². The molecule has 0 aromatic heterocycles. The van der Waals surface area contributed by atoms with Gasteiger partial charge in [0, 0.05) is 13.1 Å². The van der Waals surface area contributed by atoms with Crippen LogP contribution in [0.15, 0.2) is 30.3 Å². The number of hydrogen-bond donors (Lipinski definition) is 2. The molecular weight excluding hydrogens is 280 g/mol. The molecule has 22 heavy (non-hydrogen) atoms. The molecule has 5 heteroatoms. The molecule has 2 N–H and O–H groups in total. The molecule has 1 saturated heterocycles. The zero-order valence-electron chi connectivity index (χ0n) is 13.7. The van der Waals surface area contributed by atoms with Crippen LogP contribution in [0.1, 0.15) is 5.56 Å². The summed E-state index contributed by atoms with van der Waals surface area (Å²) in [4.78, 5) is 4.21. The number of aliphatic hydroxyl groups excluding tert-OH is 2. The number of benzene rings is 1. The molecular formula is C17H28N2O3. The third-order valence-corrected chi connectivity index (χ3v) is 4.29. The molecule has 0 saturated carbocycles. The first-order valence-corrected chi connectivity index (χ1v) is 7.86. The lowest BCUT2D eigenvalue weighted by Crippen LogP contribution is -2.49. The summed E-state index contributed by atoms with van der Waals surface area (Å²) >= 11 is 0. The molecule has 0 spiro atoms. The van der Waals surface area contributed by atoms with Gasteiger partial charge < -0.3 is 19.8 Å². The zero-order chi connectivity index (χ0) is 16.1. The van der Waals surface area contributed by atoms with Crippen molar-refractivity contribution in [2.75, 3.05) is 40.8 Å². The van der Waals surface area contributed by atoms with Gasteiger partial charge in [0.05, 0.1) is 18.8 Å². The van der Waals surface area contributed by atoms with Crippen LogP contribution in [0.5, 0.6) is 0 Å². The smallest absolute Gasteiger partial charge is 0.109 e. The van der Waals surface area contributed by atoms with Gasteiger partial charge in [0.1, 0.15) is 12.2 Å². The van der Waals surface area contributed by atoms with Gasteiger partial charge in [-0.05, 0) is 33.1 Å². The minimum Gasteiger partial charge on any atom is -0.394 e. The van der Waals surface area contributed by atoms with Crippen LogP contribution in [0.3, 0.4) is 0 Å². The van der Waals surface area contributed by atoms with Crippen molar-refractivity contribution in [1.29, 1.82) is 0 Å². The van der Waals surface area contributed by atoms with Gasteiger partial charge in [0.25, 0.3) is 0 Å². The maximum atomic E-state index is 10.5. The van der Waals surface area contributed by atoms with E-state index in [9.17, 15) is 10.2 Å². The second-order valence-electron chi connectivity index (χ2n) is 6.36. The van der Waals surface area contributed by atoms with Gasteiger partial charge in [-0.25, -0.2) is 0 Å². The zero-order valence-corrected chi connectivity index (χ0v) is 13.7. The Hall–Kier alpha value is -0.980. The van der Waals surface area contributed by atoms with E-state index in [2.05, 4.69) is 21.9 Å². The first-order chi connectivity index (χ1) is 10.5. The third kappa shape index (κ3) is 4.27. The fourth-order valence-corrected chi connectivity index (χ4v) is 3.13. The molecule has 1 aliphatic heterocycles. The van der Waals surface area contributed by atoms with Crippen LogP contribution < -0.4 is 0 Å². The summed E-state index contributed by atoms with van der Waals surface area (Å²) < 4.78 is 5.84. The van der Waals surface area contributed by atoms with Gasteiger partial charge in [-0.1, -0.05) is 30.3 Å². The molecule has 2 rings (SSSR count). The molecule has 4 atom stereocenters. The molecule has 5 nitrogen and oxygen atoms in total. The summed E-state index contributed by atoms with van der Waals surface area (Å²) in [5.41, 5.74) is 1.28. The van der Waals surface area contributed by atoms with Crippen LogP contribution in [0.25, 0.3) is 0 Å². The van der Waals surface area contributed by atoms with Crippen molar-refractivity contribution in [2.45, 2.75) is 30.8 Å². The SMILES string of the molecule is CN(C)CC1OC(CO)C(O)C1N(C)CCc1ccccc1. The highest BCUT2D eigenvalue weighted by Crippen LogP contribution is 2.25. The fourth-order valence-electron chi connectivity index (χ4n) is 3.13. The largest absolute Gasteiger partial charge is 0.394 e. The molecule has 124 valence electrons. The number of likely N-dealkylation sites (N-methyl/N-ethyl adjacent to an activating group) is 2. The van der Waals surface area contributed by atoms with E-state index in [-0.39, 0.29) is 18.8 Å². The Bertz CT molecular complexity index is 441. The van der Waals surface area contributed by atoms with Crippen LogP contribution in [-0.4, -0.2) is 85.2 Å². The number of rotatable bonds is 7. The maximum Gasteiger partial charge on any atom is 0.109 e. The van der Waals surface area contributed by atoms with Crippen LogP contribution in [0.4, 0.5) is 0 Å². The Morgan fingerprint density at radius 3 is 2.36 bits per heavy atom. The highest BCUT2D eigenvalue weighted by atomic mass is 16.5. The quantitative estimate of drug-likeness (QED) is 0.754. The van der Waals surface area contributed by atoms with E-state index in [1.807, 2.05) is 39.3 Å². The average Bonchev–Trinajstić information content (AvgIpc) is 2.81. The second kappa shape index (κ2) is 8.04. The molecule has 1 heterocycles. The number of nitrogens with zero attached hydrogens (tertiary/aromatic N) is 2. The molecule has 0 bridgehead atoms. The van der Waals surface area contributed by atoms with E-state index in [1.54, 1.807) is 0 Å². The predicted octanol–water partition coefficient (Wildman–Crippen LogP) is 0.212. The van der Waals surface area contributed by atoms with Gasteiger partial charge in [0.15, 0.2) is 0 Å². The standard InChI is InChI=1S/C17H28N2O3/c1-18(2)11-14-16(17(21)15(12-20)22-14)19(3)10-9-13-7-5-4-6-8-13/h4-8,14-17,20-21H,9-12H2,1-3H3. The third-order valence-electron chi connectivity index (χ3n) is 4.29. The summed E-state index contributed by atoms with van der Waals surface area (Å²) in [6.45, 7) is 1.43.